The molecule has 0 rings (SSSR count). The zero-order valence-corrected chi connectivity index (χ0v) is 11.6. The molecule has 2 unspecified atom stereocenters. The summed E-state index contributed by atoms with van der Waals surface area (Å²) in [6.45, 7) is 13.9. The maximum absolute atomic E-state index is 9.46. The zero-order valence-electron chi connectivity index (χ0n) is 11.6. The van der Waals surface area contributed by atoms with Gasteiger partial charge in [-0.25, -0.2) is 0 Å². The average Bonchev–Trinajstić information content (AvgIpc) is 2.00. The van der Waals surface area contributed by atoms with Crippen molar-refractivity contribution in [2.75, 3.05) is 6.61 Å². The normalized spacial score (nSPS) is 18.6. The van der Waals surface area contributed by atoms with Crippen molar-refractivity contribution in [3.63, 3.8) is 0 Å². The molecule has 0 spiro atoms. The van der Waals surface area contributed by atoms with E-state index in [0.29, 0.717) is 17.9 Å². The van der Waals surface area contributed by atoms with Crippen LogP contribution in [-0.4, -0.2) is 11.7 Å². The van der Waals surface area contributed by atoms with Gasteiger partial charge in [-0.2, -0.15) is 0 Å². The predicted molar refractivity (Wildman–Crippen MR) is 68.0 cm³/mol. The number of aliphatic hydroxyl groups is 1. The number of aliphatic hydroxyl groups excluding tert-OH is 1. The van der Waals surface area contributed by atoms with Crippen molar-refractivity contribution < 1.29 is 5.11 Å². The summed E-state index contributed by atoms with van der Waals surface area (Å²) in [5.74, 6) is 0.702. The second-order valence-electron chi connectivity index (χ2n) is 6.79. The maximum Gasteiger partial charge on any atom is 0.0484 e. The molecule has 2 atom stereocenters. The zero-order chi connectivity index (χ0) is 12.1. The summed E-state index contributed by atoms with van der Waals surface area (Å²) >= 11 is 0. The van der Waals surface area contributed by atoms with Crippen molar-refractivity contribution >= 4 is 0 Å². The molecule has 0 amide bonds. The lowest BCUT2D eigenvalue weighted by atomic mass is 9.74. The summed E-state index contributed by atoms with van der Waals surface area (Å²) < 4.78 is 0. The van der Waals surface area contributed by atoms with Gasteiger partial charge in [0.05, 0.1) is 0 Å². The first kappa shape index (κ1) is 15.0. The molecule has 0 saturated carbocycles. The highest BCUT2D eigenvalue weighted by atomic mass is 16.3. The van der Waals surface area contributed by atoms with E-state index in [0.717, 1.165) is 12.8 Å². The SMILES string of the molecule is CCCC(C)(CO)CC(C)CC(C)(C)C. The molecular formula is C14H30O. The highest BCUT2D eigenvalue weighted by Crippen LogP contribution is 2.35. The second-order valence-corrected chi connectivity index (χ2v) is 6.79. The lowest BCUT2D eigenvalue weighted by Crippen LogP contribution is -2.25. The Morgan fingerprint density at radius 2 is 1.60 bits per heavy atom. The minimum Gasteiger partial charge on any atom is -0.396 e. The smallest absolute Gasteiger partial charge is 0.0484 e. The lowest BCUT2D eigenvalue weighted by molar-refractivity contribution is 0.0958. The molecule has 0 bridgehead atoms. The first-order valence-electron chi connectivity index (χ1n) is 6.33. The van der Waals surface area contributed by atoms with E-state index in [1.807, 2.05) is 0 Å². The van der Waals surface area contributed by atoms with Gasteiger partial charge < -0.3 is 5.11 Å². The Labute approximate surface area is 96.3 Å². The summed E-state index contributed by atoms with van der Waals surface area (Å²) in [7, 11) is 0. The van der Waals surface area contributed by atoms with Gasteiger partial charge in [-0.15, -0.1) is 0 Å². The largest absolute Gasteiger partial charge is 0.396 e. The van der Waals surface area contributed by atoms with Crippen LogP contribution in [0.3, 0.4) is 0 Å². The molecule has 15 heavy (non-hydrogen) atoms. The van der Waals surface area contributed by atoms with Crippen LogP contribution in [0, 0.1) is 16.7 Å². The van der Waals surface area contributed by atoms with Crippen molar-refractivity contribution in [3.8, 4) is 0 Å². The fraction of sp³-hybridized carbons (Fsp3) is 1.00. The Balaban J connectivity index is 4.18. The van der Waals surface area contributed by atoms with Gasteiger partial charge in [0, 0.05) is 6.61 Å². The van der Waals surface area contributed by atoms with Gasteiger partial charge in [0.15, 0.2) is 0 Å². The van der Waals surface area contributed by atoms with Gasteiger partial charge >= 0.3 is 0 Å². The van der Waals surface area contributed by atoms with Crippen molar-refractivity contribution in [1.82, 2.24) is 0 Å². The van der Waals surface area contributed by atoms with Gasteiger partial charge in [-0.3, -0.25) is 0 Å². The van der Waals surface area contributed by atoms with Gasteiger partial charge in [0.2, 0.25) is 0 Å². The van der Waals surface area contributed by atoms with Crippen molar-refractivity contribution in [1.29, 1.82) is 0 Å². The van der Waals surface area contributed by atoms with Crippen molar-refractivity contribution in [2.45, 2.75) is 67.2 Å². The average molecular weight is 214 g/mol. The van der Waals surface area contributed by atoms with Crippen LogP contribution in [0.4, 0.5) is 0 Å². The van der Waals surface area contributed by atoms with Gasteiger partial charge in [-0.05, 0) is 36.0 Å². The molecular weight excluding hydrogens is 184 g/mol. The summed E-state index contributed by atoms with van der Waals surface area (Å²) in [6, 6.07) is 0. The van der Waals surface area contributed by atoms with E-state index in [1.54, 1.807) is 0 Å². The van der Waals surface area contributed by atoms with Crippen LogP contribution >= 0.6 is 0 Å². The minimum atomic E-state index is 0.138. The molecule has 0 aliphatic rings. The first-order valence-corrected chi connectivity index (χ1v) is 6.33. The van der Waals surface area contributed by atoms with E-state index in [-0.39, 0.29) is 5.41 Å². The molecule has 0 aromatic heterocycles. The molecule has 1 heteroatoms. The monoisotopic (exact) mass is 214 g/mol. The van der Waals surface area contributed by atoms with Crippen LogP contribution in [0.5, 0.6) is 0 Å². The van der Waals surface area contributed by atoms with Gasteiger partial charge in [0.1, 0.15) is 0 Å². The van der Waals surface area contributed by atoms with Crippen LogP contribution in [-0.2, 0) is 0 Å². The topological polar surface area (TPSA) is 20.2 Å². The highest BCUT2D eigenvalue weighted by molar-refractivity contribution is 4.77. The third-order valence-electron chi connectivity index (χ3n) is 3.04. The molecule has 0 fully saturated rings. The van der Waals surface area contributed by atoms with E-state index < -0.39 is 0 Å². The maximum atomic E-state index is 9.46. The molecule has 0 radical (unpaired) electrons. The van der Waals surface area contributed by atoms with Crippen LogP contribution in [0.1, 0.15) is 67.2 Å². The standard InChI is InChI=1S/C14H30O/c1-7-8-14(6,11-15)10-12(2)9-13(3,4)5/h12,15H,7-11H2,1-6H3. The summed E-state index contributed by atoms with van der Waals surface area (Å²) in [5, 5.41) is 9.46. The Hall–Kier alpha value is -0.0400. The van der Waals surface area contributed by atoms with Crippen LogP contribution in [0.2, 0.25) is 0 Å². The summed E-state index contributed by atoms with van der Waals surface area (Å²) in [6.07, 6.45) is 4.69. The molecule has 0 heterocycles. The molecule has 0 aromatic carbocycles. The van der Waals surface area contributed by atoms with E-state index in [2.05, 4.69) is 41.5 Å². The Morgan fingerprint density at radius 3 is 1.93 bits per heavy atom. The lowest BCUT2D eigenvalue weighted by Gasteiger charge is -2.32. The van der Waals surface area contributed by atoms with E-state index >= 15 is 0 Å². The van der Waals surface area contributed by atoms with E-state index in [4.69, 9.17) is 0 Å². The summed E-state index contributed by atoms with van der Waals surface area (Å²) in [5.41, 5.74) is 0.543. The van der Waals surface area contributed by atoms with Crippen molar-refractivity contribution in [2.24, 2.45) is 16.7 Å². The third kappa shape index (κ3) is 6.94. The molecule has 0 aliphatic carbocycles. The molecule has 0 aliphatic heterocycles. The molecule has 0 aromatic rings. The van der Waals surface area contributed by atoms with E-state index in [1.165, 1.54) is 12.8 Å². The number of rotatable bonds is 6. The third-order valence-corrected chi connectivity index (χ3v) is 3.04. The van der Waals surface area contributed by atoms with Crippen LogP contribution < -0.4 is 0 Å². The Kier molecular flexibility index (Phi) is 5.87. The summed E-state index contributed by atoms with van der Waals surface area (Å²) in [4.78, 5) is 0. The first-order chi connectivity index (χ1) is 6.72. The fourth-order valence-electron chi connectivity index (χ4n) is 2.81. The Bertz CT molecular complexity index is 169. The second kappa shape index (κ2) is 5.89. The van der Waals surface area contributed by atoms with Gasteiger partial charge in [-0.1, -0.05) is 48.0 Å². The number of hydrogen-bond donors (Lipinski definition) is 1. The highest BCUT2D eigenvalue weighted by Gasteiger charge is 2.26. The number of hydrogen-bond acceptors (Lipinski definition) is 1. The van der Waals surface area contributed by atoms with Crippen LogP contribution in [0.25, 0.3) is 0 Å². The van der Waals surface area contributed by atoms with Crippen molar-refractivity contribution in [3.05, 3.63) is 0 Å². The molecule has 92 valence electrons. The molecule has 1 nitrogen and oxygen atoms in total. The fourth-order valence-corrected chi connectivity index (χ4v) is 2.81. The minimum absolute atomic E-state index is 0.138. The van der Waals surface area contributed by atoms with Gasteiger partial charge in [0.25, 0.3) is 0 Å². The van der Waals surface area contributed by atoms with Crippen LogP contribution in [0.15, 0.2) is 0 Å². The predicted octanol–water partition coefficient (Wildman–Crippen LogP) is 4.25. The van der Waals surface area contributed by atoms with E-state index in [9.17, 15) is 5.11 Å². The molecule has 1 N–H and O–H groups in total. The molecule has 0 saturated heterocycles. The Morgan fingerprint density at radius 1 is 1.07 bits per heavy atom. The quantitative estimate of drug-likeness (QED) is 0.701.